The maximum absolute atomic E-state index is 12.8. The number of carbonyl (C=O) groups excluding carboxylic acids is 2. The number of aromatic nitrogens is 2. The first kappa shape index (κ1) is 22.1. The number of nitrogens with zero attached hydrogens (tertiary/aromatic N) is 1. The fourth-order valence-electron chi connectivity index (χ4n) is 4.23. The van der Waals surface area contributed by atoms with Crippen LogP contribution in [0.2, 0.25) is 5.02 Å². The minimum atomic E-state index is -0.177. The van der Waals surface area contributed by atoms with E-state index in [1.54, 1.807) is 12.1 Å². The minimum Gasteiger partial charge on any atom is -0.351 e. The van der Waals surface area contributed by atoms with Crippen LogP contribution >= 0.6 is 35.3 Å². The Morgan fingerprint density at radius 2 is 1.90 bits per heavy atom. The highest BCUT2D eigenvalue weighted by Gasteiger charge is 2.31. The van der Waals surface area contributed by atoms with E-state index in [0.29, 0.717) is 15.7 Å². The van der Waals surface area contributed by atoms with Crippen molar-refractivity contribution in [2.45, 2.75) is 44.3 Å². The second-order valence-electron chi connectivity index (χ2n) is 7.82. The fourth-order valence-corrected chi connectivity index (χ4v) is 5.39. The summed E-state index contributed by atoms with van der Waals surface area (Å²) in [4.78, 5) is 34.3. The van der Waals surface area contributed by atoms with Gasteiger partial charge in [-0.3, -0.25) is 9.59 Å². The number of carbonyl (C=O) groups is 2. The van der Waals surface area contributed by atoms with Gasteiger partial charge in [0.05, 0.1) is 5.69 Å². The Balaban J connectivity index is 0.00000231. The number of amides is 2. The summed E-state index contributed by atoms with van der Waals surface area (Å²) in [6.45, 7) is 1.67. The molecule has 2 atom stereocenters. The van der Waals surface area contributed by atoms with Gasteiger partial charge < -0.3 is 20.9 Å². The van der Waals surface area contributed by atoms with Gasteiger partial charge in [0.2, 0.25) is 0 Å². The number of nitrogens with one attached hydrogen (secondary N) is 4. The van der Waals surface area contributed by atoms with Crippen LogP contribution in [0.25, 0.3) is 10.9 Å². The monoisotopic (exact) mass is 479 g/mol. The van der Waals surface area contributed by atoms with E-state index in [0.717, 1.165) is 60.2 Å². The molecule has 4 N–H and O–H groups in total. The highest BCUT2D eigenvalue weighted by molar-refractivity contribution is 7.13. The number of benzene rings is 1. The summed E-state index contributed by atoms with van der Waals surface area (Å²) in [6, 6.07) is 7.07. The van der Waals surface area contributed by atoms with Gasteiger partial charge in [-0.1, -0.05) is 11.6 Å². The van der Waals surface area contributed by atoms with Gasteiger partial charge in [-0.15, -0.1) is 23.7 Å². The van der Waals surface area contributed by atoms with Crippen molar-refractivity contribution in [1.82, 2.24) is 25.9 Å². The zero-order valence-electron chi connectivity index (χ0n) is 16.7. The van der Waals surface area contributed by atoms with Crippen molar-refractivity contribution in [3.05, 3.63) is 50.6 Å². The van der Waals surface area contributed by atoms with Gasteiger partial charge in [0.1, 0.15) is 5.69 Å². The Morgan fingerprint density at radius 3 is 2.68 bits per heavy atom. The molecule has 0 radical (unpaired) electrons. The lowest BCUT2D eigenvalue weighted by molar-refractivity contribution is 0.0889. The standard InChI is InChI=1S/C21H22ClN5O2S.ClH/c22-12-4-5-13-11(8-12)9-17(24-13)19(28)25-14-2-1-3-15(14)26-20(29)21-27-16-6-7-23-10-18(16)30-21;/h4-5,8-9,14-15,23-24H,1-3,6-7,10H2,(H,25,28)(H,26,29);1H. The second-order valence-corrected chi connectivity index (χ2v) is 9.34. The maximum atomic E-state index is 12.8. The number of hydrogen-bond acceptors (Lipinski definition) is 5. The van der Waals surface area contributed by atoms with Crippen LogP contribution in [0.4, 0.5) is 0 Å². The quantitative estimate of drug-likeness (QED) is 0.460. The molecule has 1 aromatic carbocycles. The molecular weight excluding hydrogens is 457 g/mol. The Morgan fingerprint density at radius 1 is 1.13 bits per heavy atom. The highest BCUT2D eigenvalue weighted by Crippen LogP contribution is 2.25. The average Bonchev–Trinajstić information content (AvgIpc) is 3.45. The molecule has 3 aromatic rings. The van der Waals surface area contributed by atoms with Crippen molar-refractivity contribution in [1.29, 1.82) is 0 Å². The lowest BCUT2D eigenvalue weighted by atomic mass is 10.1. The largest absolute Gasteiger partial charge is 0.351 e. The van der Waals surface area contributed by atoms with Crippen LogP contribution < -0.4 is 16.0 Å². The minimum absolute atomic E-state index is 0. The molecule has 2 aromatic heterocycles. The summed E-state index contributed by atoms with van der Waals surface area (Å²) in [5, 5.41) is 11.5. The van der Waals surface area contributed by atoms with E-state index in [4.69, 9.17) is 11.6 Å². The van der Waals surface area contributed by atoms with E-state index in [2.05, 4.69) is 25.9 Å². The molecule has 1 fully saturated rings. The number of halogens is 2. The molecule has 3 heterocycles. The predicted octanol–water partition coefficient (Wildman–Crippen LogP) is 3.43. The summed E-state index contributed by atoms with van der Waals surface area (Å²) >= 11 is 7.49. The lowest BCUT2D eigenvalue weighted by Crippen LogP contribution is -2.48. The van der Waals surface area contributed by atoms with E-state index >= 15 is 0 Å². The van der Waals surface area contributed by atoms with Gasteiger partial charge in [-0.05, 0) is 43.5 Å². The van der Waals surface area contributed by atoms with E-state index in [-0.39, 0.29) is 36.3 Å². The molecule has 0 spiro atoms. The molecule has 1 saturated carbocycles. The van der Waals surface area contributed by atoms with Crippen LogP contribution in [-0.2, 0) is 13.0 Å². The van der Waals surface area contributed by atoms with Crippen LogP contribution in [-0.4, -0.2) is 40.4 Å². The van der Waals surface area contributed by atoms with Crippen molar-refractivity contribution in [2.75, 3.05) is 6.54 Å². The third kappa shape index (κ3) is 4.57. The van der Waals surface area contributed by atoms with E-state index in [1.165, 1.54) is 11.3 Å². The molecule has 10 heteroatoms. The molecule has 2 amide bonds. The average molecular weight is 480 g/mol. The summed E-state index contributed by atoms with van der Waals surface area (Å²) in [7, 11) is 0. The molecule has 0 bridgehead atoms. The third-order valence-corrected chi connectivity index (χ3v) is 7.10. The number of thiazole rings is 1. The predicted molar refractivity (Wildman–Crippen MR) is 124 cm³/mol. The molecule has 164 valence electrons. The number of rotatable bonds is 4. The van der Waals surface area contributed by atoms with Crippen LogP contribution in [0, 0.1) is 0 Å². The number of H-pyrrole nitrogens is 1. The molecule has 7 nitrogen and oxygen atoms in total. The molecule has 5 rings (SSSR count). The van der Waals surface area contributed by atoms with Crippen molar-refractivity contribution < 1.29 is 9.59 Å². The number of fused-ring (bicyclic) bond motifs is 2. The van der Waals surface area contributed by atoms with Gasteiger partial charge in [0.15, 0.2) is 5.01 Å². The lowest BCUT2D eigenvalue weighted by Gasteiger charge is -2.21. The normalized spacial score (nSPS) is 20.2. The highest BCUT2D eigenvalue weighted by atomic mass is 35.5. The Labute approximate surface area is 194 Å². The summed E-state index contributed by atoms with van der Waals surface area (Å²) in [5.41, 5.74) is 2.38. The third-order valence-electron chi connectivity index (χ3n) is 5.77. The zero-order chi connectivity index (χ0) is 20.7. The molecule has 2 unspecified atom stereocenters. The van der Waals surface area contributed by atoms with E-state index in [9.17, 15) is 9.59 Å². The van der Waals surface area contributed by atoms with E-state index in [1.807, 2.05) is 12.1 Å². The topological polar surface area (TPSA) is 98.9 Å². The first-order valence-corrected chi connectivity index (χ1v) is 11.4. The van der Waals surface area contributed by atoms with Gasteiger partial charge in [0.25, 0.3) is 11.8 Å². The number of hydrogen-bond donors (Lipinski definition) is 4. The zero-order valence-corrected chi connectivity index (χ0v) is 19.1. The summed E-state index contributed by atoms with van der Waals surface area (Å²) in [6.07, 6.45) is 3.49. The smallest absolute Gasteiger partial charge is 0.280 e. The van der Waals surface area contributed by atoms with Gasteiger partial charge in [0, 0.05) is 52.4 Å². The molecule has 31 heavy (non-hydrogen) atoms. The Kier molecular flexibility index (Phi) is 6.52. The molecular formula is C21H23Cl2N5O2S. The van der Waals surface area contributed by atoms with E-state index < -0.39 is 0 Å². The van der Waals surface area contributed by atoms with Crippen LogP contribution in [0.3, 0.4) is 0 Å². The van der Waals surface area contributed by atoms with Crippen LogP contribution in [0.1, 0.15) is 50.1 Å². The van der Waals surface area contributed by atoms with Crippen LogP contribution in [0.15, 0.2) is 24.3 Å². The Bertz CT molecular complexity index is 1100. The van der Waals surface area contributed by atoms with Crippen molar-refractivity contribution in [2.24, 2.45) is 0 Å². The van der Waals surface area contributed by atoms with Gasteiger partial charge >= 0.3 is 0 Å². The molecule has 0 saturated heterocycles. The number of aromatic amines is 1. The Hall–Kier alpha value is -2.13. The van der Waals surface area contributed by atoms with Crippen molar-refractivity contribution >= 4 is 58.1 Å². The second kappa shape index (κ2) is 9.16. The molecule has 2 aliphatic rings. The first-order chi connectivity index (χ1) is 14.6. The fraction of sp³-hybridized carbons (Fsp3) is 0.381. The first-order valence-electron chi connectivity index (χ1n) is 10.2. The van der Waals surface area contributed by atoms with Gasteiger partial charge in [-0.2, -0.15) is 0 Å². The maximum Gasteiger partial charge on any atom is 0.280 e. The molecule has 1 aliphatic carbocycles. The summed E-state index contributed by atoms with van der Waals surface area (Å²) in [5.74, 6) is -0.329. The van der Waals surface area contributed by atoms with Crippen molar-refractivity contribution in [3.8, 4) is 0 Å². The summed E-state index contributed by atoms with van der Waals surface area (Å²) < 4.78 is 0. The van der Waals surface area contributed by atoms with Crippen molar-refractivity contribution in [3.63, 3.8) is 0 Å². The van der Waals surface area contributed by atoms with Gasteiger partial charge in [-0.25, -0.2) is 4.98 Å². The molecule has 1 aliphatic heterocycles. The van der Waals surface area contributed by atoms with Crippen LogP contribution in [0.5, 0.6) is 0 Å². The SMILES string of the molecule is Cl.O=C(NC1CCCC1NC(=O)c1nc2c(s1)CNCC2)c1cc2cc(Cl)ccc2[nH]1.